The number of rotatable bonds is 8. The highest BCUT2D eigenvalue weighted by atomic mass is 16.5. The molecule has 2 aromatic rings. The van der Waals surface area contributed by atoms with E-state index in [1.54, 1.807) is 14.2 Å². The Morgan fingerprint density at radius 2 is 1.81 bits per heavy atom. The van der Waals surface area contributed by atoms with E-state index in [0.717, 1.165) is 46.8 Å². The van der Waals surface area contributed by atoms with Crippen LogP contribution in [-0.4, -0.2) is 37.7 Å². The molecule has 0 heterocycles. The predicted molar refractivity (Wildman–Crippen MR) is 105 cm³/mol. The van der Waals surface area contributed by atoms with Crippen LogP contribution in [0.1, 0.15) is 29.5 Å². The largest absolute Gasteiger partial charge is 0.497 e. The van der Waals surface area contributed by atoms with Gasteiger partial charge in [0.25, 0.3) is 5.91 Å². The first-order valence-electron chi connectivity index (χ1n) is 9.22. The summed E-state index contributed by atoms with van der Waals surface area (Å²) in [6, 6.07) is 11.9. The second kappa shape index (κ2) is 8.33. The van der Waals surface area contributed by atoms with Crippen molar-refractivity contribution in [2.24, 2.45) is 0 Å². The van der Waals surface area contributed by atoms with Crippen molar-refractivity contribution in [2.45, 2.75) is 39.3 Å². The van der Waals surface area contributed by atoms with Crippen molar-refractivity contribution in [3.05, 3.63) is 53.1 Å². The molecule has 5 nitrogen and oxygen atoms in total. The van der Waals surface area contributed by atoms with E-state index in [-0.39, 0.29) is 18.6 Å². The molecule has 0 N–H and O–H groups in total. The lowest BCUT2D eigenvalue weighted by Gasteiger charge is -2.24. The number of benzene rings is 2. The van der Waals surface area contributed by atoms with E-state index in [9.17, 15) is 4.79 Å². The monoisotopic (exact) mass is 369 g/mol. The summed E-state index contributed by atoms with van der Waals surface area (Å²) >= 11 is 0. The van der Waals surface area contributed by atoms with Crippen LogP contribution in [0.3, 0.4) is 0 Å². The number of aryl methyl sites for hydroxylation is 2. The van der Waals surface area contributed by atoms with Gasteiger partial charge < -0.3 is 19.1 Å². The maximum atomic E-state index is 12.9. The summed E-state index contributed by atoms with van der Waals surface area (Å²) in [7, 11) is 3.27. The minimum absolute atomic E-state index is 0.0109. The summed E-state index contributed by atoms with van der Waals surface area (Å²) in [5.74, 6) is 2.26. The molecule has 1 amide bonds. The number of carbonyl (C=O) groups is 1. The number of ether oxygens (including phenoxy) is 3. The van der Waals surface area contributed by atoms with Gasteiger partial charge in [0.2, 0.25) is 0 Å². The third-order valence-corrected chi connectivity index (χ3v) is 4.83. The van der Waals surface area contributed by atoms with Crippen molar-refractivity contribution in [3.8, 4) is 17.2 Å². The number of carbonyl (C=O) groups excluding carboxylic acids is 1. The van der Waals surface area contributed by atoms with Gasteiger partial charge in [0.1, 0.15) is 17.2 Å². The zero-order chi connectivity index (χ0) is 19.4. The van der Waals surface area contributed by atoms with Crippen molar-refractivity contribution in [3.63, 3.8) is 0 Å². The highest BCUT2D eigenvalue weighted by Gasteiger charge is 2.33. The second-order valence-electron chi connectivity index (χ2n) is 6.99. The average molecular weight is 369 g/mol. The quantitative estimate of drug-likeness (QED) is 0.708. The highest BCUT2D eigenvalue weighted by molar-refractivity contribution is 5.78. The molecule has 1 aliphatic carbocycles. The molecule has 0 atom stereocenters. The fourth-order valence-corrected chi connectivity index (χ4v) is 3.08. The van der Waals surface area contributed by atoms with Gasteiger partial charge in [-0.25, -0.2) is 0 Å². The van der Waals surface area contributed by atoms with Crippen LogP contribution < -0.4 is 14.2 Å². The lowest BCUT2D eigenvalue weighted by Crippen LogP contribution is -2.36. The van der Waals surface area contributed by atoms with Crippen molar-refractivity contribution in [1.82, 2.24) is 4.90 Å². The molecule has 0 unspecified atom stereocenters. The van der Waals surface area contributed by atoms with Gasteiger partial charge in [-0.2, -0.15) is 0 Å². The molecule has 0 radical (unpaired) electrons. The van der Waals surface area contributed by atoms with Crippen molar-refractivity contribution >= 4 is 5.91 Å². The number of nitrogens with zero attached hydrogens (tertiary/aromatic N) is 1. The van der Waals surface area contributed by atoms with Crippen LogP contribution in [0.15, 0.2) is 36.4 Å². The van der Waals surface area contributed by atoms with Crippen LogP contribution >= 0.6 is 0 Å². The summed E-state index contributed by atoms with van der Waals surface area (Å²) in [6.45, 7) is 4.52. The van der Waals surface area contributed by atoms with Gasteiger partial charge in [-0.1, -0.05) is 12.1 Å². The smallest absolute Gasteiger partial charge is 0.261 e. The molecule has 0 aliphatic heterocycles. The molecule has 0 bridgehead atoms. The first-order valence-corrected chi connectivity index (χ1v) is 9.22. The van der Waals surface area contributed by atoms with Crippen molar-refractivity contribution < 1.29 is 19.0 Å². The van der Waals surface area contributed by atoms with Crippen LogP contribution in [-0.2, 0) is 11.3 Å². The molecule has 0 spiro atoms. The Hall–Kier alpha value is -2.69. The topological polar surface area (TPSA) is 48.0 Å². The second-order valence-corrected chi connectivity index (χ2v) is 6.99. The van der Waals surface area contributed by atoms with Crippen LogP contribution in [0.5, 0.6) is 17.2 Å². The van der Waals surface area contributed by atoms with Crippen LogP contribution in [0.2, 0.25) is 0 Å². The average Bonchev–Trinajstić information content (AvgIpc) is 3.51. The zero-order valence-electron chi connectivity index (χ0n) is 16.5. The van der Waals surface area contributed by atoms with Gasteiger partial charge in [-0.3, -0.25) is 4.79 Å². The van der Waals surface area contributed by atoms with Gasteiger partial charge in [-0.15, -0.1) is 0 Å². The van der Waals surface area contributed by atoms with Crippen LogP contribution in [0.25, 0.3) is 0 Å². The van der Waals surface area contributed by atoms with E-state index >= 15 is 0 Å². The fraction of sp³-hybridized carbons (Fsp3) is 0.409. The lowest BCUT2D eigenvalue weighted by molar-refractivity contribution is -0.134. The molecule has 5 heteroatoms. The summed E-state index contributed by atoms with van der Waals surface area (Å²) in [4.78, 5) is 14.8. The molecule has 27 heavy (non-hydrogen) atoms. The van der Waals surface area contributed by atoms with Gasteiger partial charge in [0.05, 0.1) is 14.2 Å². The van der Waals surface area contributed by atoms with E-state index in [2.05, 4.69) is 0 Å². The Morgan fingerprint density at radius 1 is 1.04 bits per heavy atom. The Labute approximate surface area is 160 Å². The molecular formula is C22H27NO4. The molecule has 0 aromatic heterocycles. The molecule has 3 rings (SSSR count). The van der Waals surface area contributed by atoms with Crippen molar-refractivity contribution in [2.75, 3.05) is 20.8 Å². The number of amides is 1. The summed E-state index contributed by atoms with van der Waals surface area (Å²) in [5.41, 5.74) is 3.08. The van der Waals surface area contributed by atoms with Gasteiger partial charge in [0.15, 0.2) is 6.61 Å². The molecule has 0 saturated heterocycles. The normalized spacial score (nSPS) is 13.2. The fourth-order valence-electron chi connectivity index (χ4n) is 3.08. The number of hydrogen-bond acceptors (Lipinski definition) is 4. The Kier molecular flexibility index (Phi) is 5.89. The van der Waals surface area contributed by atoms with E-state index in [0.29, 0.717) is 6.54 Å². The highest BCUT2D eigenvalue weighted by Crippen LogP contribution is 2.32. The van der Waals surface area contributed by atoms with E-state index < -0.39 is 0 Å². The third kappa shape index (κ3) is 4.73. The minimum Gasteiger partial charge on any atom is -0.497 e. The molecule has 1 fully saturated rings. The number of methoxy groups -OCH3 is 2. The number of hydrogen-bond donors (Lipinski definition) is 0. The van der Waals surface area contributed by atoms with Gasteiger partial charge >= 0.3 is 0 Å². The van der Waals surface area contributed by atoms with E-state index in [1.165, 1.54) is 0 Å². The predicted octanol–water partition coefficient (Wildman–Crippen LogP) is 3.89. The van der Waals surface area contributed by atoms with Crippen LogP contribution in [0, 0.1) is 13.8 Å². The molecule has 1 aliphatic rings. The van der Waals surface area contributed by atoms with Gasteiger partial charge in [0, 0.05) is 18.2 Å². The van der Waals surface area contributed by atoms with E-state index in [1.807, 2.05) is 55.1 Å². The van der Waals surface area contributed by atoms with Crippen LogP contribution in [0.4, 0.5) is 0 Å². The summed E-state index contributed by atoms with van der Waals surface area (Å²) < 4.78 is 16.6. The minimum atomic E-state index is -0.0109. The van der Waals surface area contributed by atoms with Crippen molar-refractivity contribution in [1.29, 1.82) is 0 Å². The van der Waals surface area contributed by atoms with E-state index in [4.69, 9.17) is 14.2 Å². The lowest BCUT2D eigenvalue weighted by atomic mass is 10.1. The SMILES string of the molecule is COc1ccc(OC)c(CN(C(=O)COc2cc(C)ccc2C)C2CC2)c1. The molecule has 1 saturated carbocycles. The molecule has 2 aromatic carbocycles. The first-order chi connectivity index (χ1) is 13.0. The molecule has 144 valence electrons. The first kappa shape index (κ1) is 19.1. The van der Waals surface area contributed by atoms with Gasteiger partial charge in [-0.05, 0) is 62.1 Å². The summed E-state index contributed by atoms with van der Waals surface area (Å²) in [6.07, 6.45) is 2.06. The maximum Gasteiger partial charge on any atom is 0.261 e. The molecular weight excluding hydrogens is 342 g/mol. The Balaban J connectivity index is 1.72. The third-order valence-electron chi connectivity index (χ3n) is 4.83. The Morgan fingerprint density at radius 3 is 2.48 bits per heavy atom. The summed E-state index contributed by atoms with van der Waals surface area (Å²) in [5, 5.41) is 0. The standard InChI is InChI=1S/C22H27NO4/c1-15-5-6-16(2)21(11-15)27-14-22(24)23(18-7-8-18)13-17-12-19(25-3)9-10-20(17)26-4/h5-6,9-12,18H,7-8,13-14H2,1-4H3. The maximum absolute atomic E-state index is 12.9. The zero-order valence-corrected chi connectivity index (χ0v) is 16.5. The Bertz CT molecular complexity index is 814.